The van der Waals surface area contributed by atoms with E-state index in [0.29, 0.717) is 16.3 Å². The number of nitrogens with zero attached hydrogens (tertiary/aromatic N) is 1. The van der Waals surface area contributed by atoms with Crippen LogP contribution in [0.2, 0.25) is 5.02 Å². The zero-order chi connectivity index (χ0) is 14.0. The summed E-state index contributed by atoms with van der Waals surface area (Å²) in [5, 5.41) is 6.39. The molecule has 0 spiro atoms. The van der Waals surface area contributed by atoms with Crippen LogP contribution in [0.3, 0.4) is 0 Å². The van der Waals surface area contributed by atoms with E-state index in [1.54, 1.807) is 18.2 Å². The van der Waals surface area contributed by atoms with Gasteiger partial charge in [0.2, 0.25) is 0 Å². The first-order chi connectivity index (χ1) is 8.94. The second-order valence-corrected chi connectivity index (χ2v) is 6.04. The van der Waals surface area contributed by atoms with Crippen molar-refractivity contribution in [2.24, 2.45) is 5.73 Å². The van der Waals surface area contributed by atoms with Gasteiger partial charge in [-0.05, 0) is 24.6 Å². The lowest BCUT2D eigenvalue weighted by molar-refractivity contribution is 0.596. The molecule has 0 amide bonds. The Labute approximate surface area is 116 Å². The van der Waals surface area contributed by atoms with Crippen molar-refractivity contribution in [1.29, 1.82) is 0 Å². The molecule has 6 nitrogen and oxygen atoms in total. The molecule has 0 saturated heterocycles. The minimum Gasteiger partial charge on any atom is -0.326 e. The highest BCUT2D eigenvalue weighted by molar-refractivity contribution is 7.92. The fraction of sp³-hybridized carbons (Fsp3) is 0.182. The number of nitrogens with one attached hydrogen (secondary N) is 2. The highest BCUT2D eigenvalue weighted by atomic mass is 35.5. The molecule has 0 aliphatic carbocycles. The van der Waals surface area contributed by atoms with Gasteiger partial charge in [0, 0.05) is 12.1 Å². The van der Waals surface area contributed by atoms with Gasteiger partial charge in [0.1, 0.15) is 0 Å². The Balaban J connectivity index is 2.39. The number of aryl methyl sites for hydroxylation is 1. The fourth-order valence-electron chi connectivity index (χ4n) is 1.59. The number of sulfonamides is 1. The van der Waals surface area contributed by atoms with E-state index in [0.717, 1.165) is 5.56 Å². The molecule has 0 bridgehead atoms. The first kappa shape index (κ1) is 13.9. The molecule has 0 aliphatic heterocycles. The van der Waals surface area contributed by atoms with Gasteiger partial charge in [0.25, 0.3) is 10.0 Å². The number of H-pyrrole nitrogens is 1. The van der Waals surface area contributed by atoms with Crippen LogP contribution in [-0.2, 0) is 16.6 Å². The summed E-state index contributed by atoms with van der Waals surface area (Å²) >= 11 is 5.96. The molecule has 1 aromatic heterocycles. The van der Waals surface area contributed by atoms with Crippen molar-refractivity contribution in [2.75, 3.05) is 4.72 Å². The standard InChI is InChI=1S/C11H13ClN4O2S/c1-7-2-3-9(12)10(4-7)16-19(17,18)11-8(5-13)6-14-15-11/h2-4,6,16H,5,13H2,1H3,(H,14,15). The molecule has 8 heteroatoms. The highest BCUT2D eigenvalue weighted by Crippen LogP contribution is 2.25. The van der Waals surface area contributed by atoms with Crippen LogP contribution in [0.5, 0.6) is 0 Å². The lowest BCUT2D eigenvalue weighted by Gasteiger charge is -2.10. The van der Waals surface area contributed by atoms with Crippen molar-refractivity contribution < 1.29 is 8.42 Å². The van der Waals surface area contributed by atoms with Gasteiger partial charge in [-0.3, -0.25) is 9.82 Å². The zero-order valence-corrected chi connectivity index (χ0v) is 11.7. The summed E-state index contributed by atoms with van der Waals surface area (Å²) < 4.78 is 26.8. The topological polar surface area (TPSA) is 101 Å². The van der Waals surface area contributed by atoms with Crippen LogP contribution in [0.15, 0.2) is 29.4 Å². The molecule has 0 unspecified atom stereocenters. The minimum atomic E-state index is -3.78. The van der Waals surface area contributed by atoms with Gasteiger partial charge in [-0.15, -0.1) is 0 Å². The predicted molar refractivity (Wildman–Crippen MR) is 73.5 cm³/mol. The maximum absolute atomic E-state index is 12.2. The summed E-state index contributed by atoms with van der Waals surface area (Å²) in [6, 6.07) is 5.07. The van der Waals surface area contributed by atoms with Crippen LogP contribution >= 0.6 is 11.6 Å². The van der Waals surface area contributed by atoms with E-state index in [2.05, 4.69) is 14.9 Å². The molecule has 102 valence electrons. The number of benzene rings is 1. The van der Waals surface area contributed by atoms with Crippen molar-refractivity contribution in [3.05, 3.63) is 40.5 Å². The first-order valence-electron chi connectivity index (χ1n) is 5.45. The third-order valence-electron chi connectivity index (χ3n) is 2.53. The number of aromatic nitrogens is 2. The number of hydrogen-bond acceptors (Lipinski definition) is 4. The maximum Gasteiger partial charge on any atom is 0.279 e. The Hall–Kier alpha value is -1.57. The number of halogens is 1. The van der Waals surface area contributed by atoms with Gasteiger partial charge >= 0.3 is 0 Å². The maximum atomic E-state index is 12.2. The van der Waals surface area contributed by atoms with Crippen molar-refractivity contribution in [2.45, 2.75) is 18.5 Å². The number of aromatic amines is 1. The molecular weight excluding hydrogens is 288 g/mol. The van der Waals surface area contributed by atoms with E-state index < -0.39 is 10.0 Å². The average molecular weight is 301 g/mol. The second-order valence-electron chi connectivity index (χ2n) is 4.02. The predicted octanol–water partition coefficient (Wildman–Crippen LogP) is 1.63. The number of hydrogen-bond donors (Lipinski definition) is 3. The fourth-order valence-corrected chi connectivity index (χ4v) is 3.03. The van der Waals surface area contributed by atoms with E-state index in [4.69, 9.17) is 17.3 Å². The summed E-state index contributed by atoms with van der Waals surface area (Å²) in [4.78, 5) is 0. The van der Waals surface area contributed by atoms with Crippen LogP contribution in [-0.4, -0.2) is 18.6 Å². The highest BCUT2D eigenvalue weighted by Gasteiger charge is 2.21. The van der Waals surface area contributed by atoms with Gasteiger partial charge in [0.05, 0.1) is 16.9 Å². The smallest absolute Gasteiger partial charge is 0.279 e. The summed E-state index contributed by atoms with van der Waals surface area (Å²) in [7, 11) is -3.78. The van der Waals surface area contributed by atoms with Crippen LogP contribution in [0.1, 0.15) is 11.1 Å². The Kier molecular flexibility index (Phi) is 3.79. The third kappa shape index (κ3) is 2.89. The van der Waals surface area contributed by atoms with E-state index in [-0.39, 0.29) is 11.6 Å². The van der Waals surface area contributed by atoms with Crippen molar-refractivity contribution in [3.8, 4) is 0 Å². The Morgan fingerprint density at radius 1 is 1.47 bits per heavy atom. The molecule has 0 aliphatic rings. The zero-order valence-electron chi connectivity index (χ0n) is 10.1. The summed E-state index contributed by atoms with van der Waals surface area (Å²) in [5.41, 5.74) is 7.09. The summed E-state index contributed by atoms with van der Waals surface area (Å²) in [6.07, 6.45) is 1.38. The summed E-state index contributed by atoms with van der Waals surface area (Å²) in [6.45, 7) is 1.92. The van der Waals surface area contributed by atoms with E-state index in [9.17, 15) is 8.42 Å². The normalized spacial score (nSPS) is 11.5. The Bertz CT molecular complexity index is 696. The molecular formula is C11H13ClN4O2S. The van der Waals surface area contributed by atoms with E-state index in [1.807, 2.05) is 6.92 Å². The molecule has 1 heterocycles. The Morgan fingerprint density at radius 3 is 2.89 bits per heavy atom. The van der Waals surface area contributed by atoms with Gasteiger partial charge in [-0.25, -0.2) is 0 Å². The van der Waals surface area contributed by atoms with Gasteiger partial charge in [-0.2, -0.15) is 13.5 Å². The molecule has 1 aromatic carbocycles. The van der Waals surface area contributed by atoms with E-state index >= 15 is 0 Å². The molecule has 2 aromatic rings. The van der Waals surface area contributed by atoms with Crippen LogP contribution in [0.4, 0.5) is 5.69 Å². The molecule has 0 radical (unpaired) electrons. The molecule has 19 heavy (non-hydrogen) atoms. The number of anilines is 1. The first-order valence-corrected chi connectivity index (χ1v) is 7.31. The van der Waals surface area contributed by atoms with Crippen molar-refractivity contribution >= 4 is 27.3 Å². The lowest BCUT2D eigenvalue weighted by atomic mass is 10.2. The van der Waals surface area contributed by atoms with Crippen LogP contribution in [0, 0.1) is 6.92 Å². The number of rotatable bonds is 4. The third-order valence-corrected chi connectivity index (χ3v) is 4.24. The quantitative estimate of drug-likeness (QED) is 0.799. The number of nitrogens with two attached hydrogens (primary N) is 1. The molecule has 0 atom stereocenters. The average Bonchev–Trinajstić information content (AvgIpc) is 2.82. The van der Waals surface area contributed by atoms with Gasteiger partial charge < -0.3 is 5.73 Å². The van der Waals surface area contributed by atoms with Crippen molar-refractivity contribution in [1.82, 2.24) is 10.2 Å². The second kappa shape index (κ2) is 5.20. The van der Waals surface area contributed by atoms with Crippen LogP contribution in [0.25, 0.3) is 0 Å². The van der Waals surface area contributed by atoms with E-state index in [1.165, 1.54) is 6.20 Å². The van der Waals surface area contributed by atoms with Gasteiger partial charge in [0.15, 0.2) is 5.03 Å². The largest absolute Gasteiger partial charge is 0.326 e. The lowest BCUT2D eigenvalue weighted by Crippen LogP contribution is -2.16. The SMILES string of the molecule is Cc1ccc(Cl)c(NS(=O)(=O)c2[nH]ncc2CN)c1. The monoisotopic (exact) mass is 300 g/mol. The molecule has 0 saturated carbocycles. The van der Waals surface area contributed by atoms with Crippen molar-refractivity contribution in [3.63, 3.8) is 0 Å². The van der Waals surface area contributed by atoms with Gasteiger partial charge in [-0.1, -0.05) is 17.7 Å². The van der Waals surface area contributed by atoms with Crippen LogP contribution < -0.4 is 10.5 Å². The summed E-state index contributed by atoms with van der Waals surface area (Å²) in [5.74, 6) is 0. The molecule has 2 rings (SSSR count). The molecule has 0 fully saturated rings. The Morgan fingerprint density at radius 2 is 2.21 bits per heavy atom. The minimum absolute atomic E-state index is 0.0485. The molecule has 4 N–H and O–H groups in total.